The molecule has 132 valence electrons. The van der Waals surface area contributed by atoms with Crippen LogP contribution in [0.15, 0.2) is 12.3 Å². The van der Waals surface area contributed by atoms with Gasteiger partial charge in [-0.25, -0.2) is 4.98 Å². The van der Waals surface area contributed by atoms with E-state index in [1.54, 1.807) is 6.07 Å². The van der Waals surface area contributed by atoms with Crippen molar-refractivity contribution in [2.45, 2.75) is 12.5 Å². The van der Waals surface area contributed by atoms with Crippen LogP contribution in [-0.2, 0) is 9.47 Å². The van der Waals surface area contributed by atoms with Gasteiger partial charge in [0.05, 0.1) is 32.0 Å². The highest BCUT2D eigenvalue weighted by molar-refractivity contribution is 6.32. The molecule has 1 aromatic rings. The van der Waals surface area contributed by atoms with Crippen LogP contribution in [0.25, 0.3) is 0 Å². The maximum Gasteiger partial charge on any atom is 0.252 e. The summed E-state index contributed by atoms with van der Waals surface area (Å²) in [6.07, 6.45) is 2.28. The fourth-order valence-electron chi connectivity index (χ4n) is 2.65. The molecule has 2 fully saturated rings. The van der Waals surface area contributed by atoms with Gasteiger partial charge in [0.1, 0.15) is 11.1 Å². The minimum absolute atomic E-state index is 0.0248. The first-order valence-corrected chi connectivity index (χ1v) is 8.58. The van der Waals surface area contributed by atoms with Crippen LogP contribution in [-0.4, -0.2) is 74.5 Å². The molecule has 2 aliphatic rings. The molecule has 0 spiro atoms. The predicted octanol–water partition coefficient (Wildman–Crippen LogP) is 0.965. The van der Waals surface area contributed by atoms with E-state index in [2.05, 4.69) is 15.2 Å². The molecule has 0 saturated carbocycles. The van der Waals surface area contributed by atoms with Gasteiger partial charge in [-0.05, 0) is 6.07 Å². The molecule has 1 amide bonds. The Balaban J connectivity index is 1.48. The Morgan fingerprint density at radius 2 is 2.21 bits per heavy atom. The van der Waals surface area contributed by atoms with Gasteiger partial charge in [-0.1, -0.05) is 11.6 Å². The van der Waals surface area contributed by atoms with Gasteiger partial charge in [0, 0.05) is 38.8 Å². The monoisotopic (exact) mass is 355 g/mol. The second-order valence-electron chi connectivity index (χ2n) is 5.82. The van der Waals surface area contributed by atoms with Gasteiger partial charge in [0.25, 0.3) is 5.91 Å². The summed E-state index contributed by atoms with van der Waals surface area (Å²) in [5, 5.41) is 3.22. The standard InChI is InChI=1S/C16H22ClN3O4/c17-14-9-12(10-19-16(14)24-13-1-6-23-11-13)15(21)18-2-3-20-4-7-22-8-5-20/h9-10,13H,1-8,11H2,(H,18,21). The number of amides is 1. The number of aromatic nitrogens is 1. The second-order valence-corrected chi connectivity index (χ2v) is 6.23. The molecular weight excluding hydrogens is 334 g/mol. The van der Waals surface area contributed by atoms with Crippen LogP contribution < -0.4 is 10.1 Å². The van der Waals surface area contributed by atoms with Crippen LogP contribution in [0.4, 0.5) is 0 Å². The normalized spacial score (nSPS) is 21.6. The summed E-state index contributed by atoms with van der Waals surface area (Å²) in [6, 6.07) is 1.59. The summed E-state index contributed by atoms with van der Waals surface area (Å²) in [5.74, 6) is 0.158. The summed E-state index contributed by atoms with van der Waals surface area (Å²) in [5.41, 5.74) is 0.428. The average Bonchev–Trinajstić information content (AvgIpc) is 3.10. The highest BCUT2D eigenvalue weighted by Gasteiger charge is 2.20. The largest absolute Gasteiger partial charge is 0.471 e. The van der Waals surface area contributed by atoms with Crippen LogP contribution >= 0.6 is 11.6 Å². The number of carbonyl (C=O) groups is 1. The van der Waals surface area contributed by atoms with Gasteiger partial charge < -0.3 is 19.5 Å². The number of carbonyl (C=O) groups excluding carboxylic acids is 1. The van der Waals surface area contributed by atoms with E-state index in [4.69, 9.17) is 25.8 Å². The first-order chi connectivity index (χ1) is 11.7. The summed E-state index contributed by atoms with van der Waals surface area (Å²) < 4.78 is 16.2. The first-order valence-electron chi connectivity index (χ1n) is 8.20. The molecule has 8 heteroatoms. The number of nitrogens with zero attached hydrogens (tertiary/aromatic N) is 2. The van der Waals surface area contributed by atoms with Crippen molar-refractivity contribution in [1.29, 1.82) is 0 Å². The van der Waals surface area contributed by atoms with Crippen molar-refractivity contribution in [3.05, 3.63) is 22.8 Å². The lowest BCUT2D eigenvalue weighted by Gasteiger charge is -2.26. The number of ether oxygens (including phenoxy) is 3. The molecule has 7 nitrogen and oxygen atoms in total. The van der Waals surface area contributed by atoms with Crippen LogP contribution in [0.2, 0.25) is 5.02 Å². The third-order valence-corrected chi connectivity index (χ3v) is 4.32. The lowest BCUT2D eigenvalue weighted by molar-refractivity contribution is 0.0383. The van der Waals surface area contributed by atoms with E-state index in [0.29, 0.717) is 36.2 Å². The topological polar surface area (TPSA) is 72.9 Å². The van der Waals surface area contributed by atoms with E-state index in [1.165, 1.54) is 6.20 Å². The number of hydrogen-bond acceptors (Lipinski definition) is 6. The third kappa shape index (κ3) is 4.80. The Hall–Kier alpha value is -1.41. The van der Waals surface area contributed by atoms with E-state index in [9.17, 15) is 4.79 Å². The van der Waals surface area contributed by atoms with Gasteiger partial charge in [-0.3, -0.25) is 9.69 Å². The van der Waals surface area contributed by atoms with Crippen molar-refractivity contribution in [2.75, 3.05) is 52.6 Å². The average molecular weight is 356 g/mol. The molecule has 3 rings (SSSR count). The number of rotatable bonds is 6. The Morgan fingerprint density at radius 1 is 1.38 bits per heavy atom. The third-order valence-electron chi connectivity index (χ3n) is 4.05. The summed E-state index contributed by atoms with van der Waals surface area (Å²) in [4.78, 5) is 18.6. The van der Waals surface area contributed by atoms with Crippen molar-refractivity contribution < 1.29 is 19.0 Å². The van der Waals surface area contributed by atoms with Gasteiger partial charge in [0.15, 0.2) is 0 Å². The van der Waals surface area contributed by atoms with E-state index in [1.807, 2.05) is 0 Å². The van der Waals surface area contributed by atoms with Crippen molar-refractivity contribution >= 4 is 17.5 Å². The fraction of sp³-hybridized carbons (Fsp3) is 0.625. The van der Waals surface area contributed by atoms with Crippen LogP contribution in [0.1, 0.15) is 16.8 Å². The molecule has 1 N–H and O–H groups in total. The Labute approximate surface area is 146 Å². The fourth-order valence-corrected chi connectivity index (χ4v) is 2.87. The minimum Gasteiger partial charge on any atom is -0.471 e. The van der Waals surface area contributed by atoms with Crippen LogP contribution in [0.5, 0.6) is 5.88 Å². The lowest BCUT2D eigenvalue weighted by Crippen LogP contribution is -2.41. The Morgan fingerprint density at radius 3 is 2.92 bits per heavy atom. The summed E-state index contributed by atoms with van der Waals surface area (Å²) >= 11 is 6.18. The summed E-state index contributed by atoms with van der Waals surface area (Å²) in [7, 11) is 0. The minimum atomic E-state index is -0.187. The molecule has 2 saturated heterocycles. The highest BCUT2D eigenvalue weighted by Crippen LogP contribution is 2.25. The van der Waals surface area contributed by atoms with Gasteiger partial charge in [-0.2, -0.15) is 0 Å². The molecule has 0 radical (unpaired) electrons. The van der Waals surface area contributed by atoms with Crippen molar-refractivity contribution in [2.24, 2.45) is 0 Å². The zero-order valence-corrected chi connectivity index (χ0v) is 14.3. The molecule has 1 aromatic heterocycles. The van der Waals surface area contributed by atoms with Crippen molar-refractivity contribution in [1.82, 2.24) is 15.2 Å². The Kier molecular flexibility index (Phi) is 6.25. The zero-order valence-electron chi connectivity index (χ0n) is 13.5. The SMILES string of the molecule is O=C(NCCN1CCOCC1)c1cnc(OC2CCOC2)c(Cl)c1. The van der Waals surface area contributed by atoms with Gasteiger partial charge in [0.2, 0.25) is 5.88 Å². The Bertz CT molecular complexity index is 560. The molecule has 3 heterocycles. The van der Waals surface area contributed by atoms with Crippen LogP contribution in [0.3, 0.4) is 0 Å². The lowest BCUT2D eigenvalue weighted by atomic mass is 10.2. The number of morpholine rings is 1. The molecule has 0 bridgehead atoms. The zero-order chi connectivity index (χ0) is 16.8. The summed E-state index contributed by atoms with van der Waals surface area (Å²) in [6.45, 7) is 5.92. The molecule has 0 aliphatic carbocycles. The number of pyridine rings is 1. The molecule has 1 atom stereocenters. The van der Waals surface area contributed by atoms with E-state index < -0.39 is 0 Å². The van der Waals surface area contributed by atoms with Crippen molar-refractivity contribution in [3.8, 4) is 5.88 Å². The number of nitrogens with one attached hydrogen (secondary N) is 1. The maximum absolute atomic E-state index is 12.2. The van der Waals surface area contributed by atoms with E-state index >= 15 is 0 Å². The van der Waals surface area contributed by atoms with E-state index in [-0.39, 0.29) is 12.0 Å². The maximum atomic E-state index is 12.2. The smallest absolute Gasteiger partial charge is 0.252 e. The first kappa shape index (κ1) is 17.4. The van der Waals surface area contributed by atoms with E-state index in [0.717, 1.165) is 39.3 Å². The van der Waals surface area contributed by atoms with Crippen molar-refractivity contribution in [3.63, 3.8) is 0 Å². The van der Waals surface area contributed by atoms with Crippen LogP contribution in [0, 0.1) is 0 Å². The number of hydrogen-bond donors (Lipinski definition) is 1. The number of halogens is 1. The highest BCUT2D eigenvalue weighted by atomic mass is 35.5. The molecule has 0 aromatic carbocycles. The van der Waals surface area contributed by atoms with Gasteiger partial charge >= 0.3 is 0 Å². The predicted molar refractivity (Wildman–Crippen MR) is 88.7 cm³/mol. The molecule has 24 heavy (non-hydrogen) atoms. The quantitative estimate of drug-likeness (QED) is 0.819. The second kappa shape index (κ2) is 8.62. The van der Waals surface area contributed by atoms with Gasteiger partial charge in [-0.15, -0.1) is 0 Å². The molecule has 1 unspecified atom stereocenters. The molecule has 2 aliphatic heterocycles. The molecular formula is C16H22ClN3O4.